The molecule has 1 aliphatic heterocycles. The Morgan fingerprint density at radius 1 is 1.26 bits per heavy atom. The number of phenols is 2. The number of aliphatic hydroxyl groups excluding tert-OH is 1. The highest BCUT2D eigenvalue weighted by molar-refractivity contribution is 5.85. The summed E-state index contributed by atoms with van der Waals surface area (Å²) in [6.45, 7) is 0.366. The van der Waals surface area contributed by atoms with Crippen molar-refractivity contribution in [2.24, 2.45) is 0 Å². The Hall–Kier alpha value is -2.05. The van der Waals surface area contributed by atoms with Gasteiger partial charge in [0.25, 0.3) is 0 Å². The summed E-state index contributed by atoms with van der Waals surface area (Å²) in [4.78, 5) is 12.3. The van der Waals surface area contributed by atoms with Crippen molar-refractivity contribution in [1.29, 1.82) is 0 Å². The molecule has 3 rings (SSSR count). The second kappa shape index (κ2) is 4.25. The van der Waals surface area contributed by atoms with E-state index in [1.165, 1.54) is 12.3 Å². The summed E-state index contributed by atoms with van der Waals surface area (Å²) in [6.07, 6.45) is 0.139. The highest BCUT2D eigenvalue weighted by Gasteiger charge is 2.31. The molecule has 6 heteroatoms. The molecule has 19 heavy (non-hydrogen) atoms. The van der Waals surface area contributed by atoms with Crippen LogP contribution in [0, 0.1) is 0 Å². The Kier molecular flexibility index (Phi) is 2.69. The van der Waals surface area contributed by atoms with E-state index in [2.05, 4.69) is 0 Å². The van der Waals surface area contributed by atoms with Crippen LogP contribution in [0.25, 0.3) is 11.0 Å². The molecule has 2 atom stereocenters. The lowest BCUT2D eigenvalue weighted by molar-refractivity contribution is 0.0401. The van der Waals surface area contributed by atoms with Gasteiger partial charge in [0.05, 0.1) is 18.3 Å². The minimum absolute atomic E-state index is 0.0296. The van der Waals surface area contributed by atoms with Gasteiger partial charge in [-0.25, -0.2) is 0 Å². The summed E-state index contributed by atoms with van der Waals surface area (Å²) in [5.41, 5.74) is -0.220. The van der Waals surface area contributed by atoms with E-state index in [-0.39, 0.29) is 28.0 Å². The molecule has 0 bridgehead atoms. The van der Waals surface area contributed by atoms with Gasteiger partial charge in [0, 0.05) is 12.1 Å². The molecule has 2 heterocycles. The minimum atomic E-state index is -0.764. The Labute approximate surface area is 107 Å². The molecule has 1 aromatic heterocycles. The first-order valence-electron chi connectivity index (χ1n) is 5.85. The molecule has 0 amide bonds. The van der Waals surface area contributed by atoms with Crippen LogP contribution in [0.1, 0.15) is 18.1 Å². The first kappa shape index (κ1) is 12.0. The van der Waals surface area contributed by atoms with E-state index in [0.29, 0.717) is 13.0 Å². The maximum atomic E-state index is 12.3. The van der Waals surface area contributed by atoms with Crippen LogP contribution in [-0.2, 0) is 4.74 Å². The van der Waals surface area contributed by atoms with Crippen LogP contribution in [0.15, 0.2) is 27.6 Å². The van der Waals surface area contributed by atoms with Crippen LogP contribution in [0.4, 0.5) is 0 Å². The average molecular weight is 264 g/mol. The van der Waals surface area contributed by atoms with Crippen molar-refractivity contribution in [3.05, 3.63) is 34.2 Å². The zero-order chi connectivity index (χ0) is 13.6. The standard InChI is InChI=1S/C13H12O6/c14-6-3-9(16)11-10(4-6)19-5-7(12(11)17)13-8(15)1-2-18-13/h3-5,8,13-16H,1-2H2. The van der Waals surface area contributed by atoms with Crippen molar-refractivity contribution >= 4 is 11.0 Å². The van der Waals surface area contributed by atoms with Crippen molar-refractivity contribution in [3.63, 3.8) is 0 Å². The highest BCUT2D eigenvalue weighted by atomic mass is 16.5. The number of phenolic OH excluding ortho intramolecular Hbond substituents is 2. The van der Waals surface area contributed by atoms with E-state index in [9.17, 15) is 20.1 Å². The van der Waals surface area contributed by atoms with Gasteiger partial charge in [-0.2, -0.15) is 0 Å². The lowest BCUT2D eigenvalue weighted by Crippen LogP contribution is -2.20. The Morgan fingerprint density at radius 3 is 2.74 bits per heavy atom. The third-order valence-electron chi connectivity index (χ3n) is 3.24. The molecule has 1 saturated heterocycles. The predicted molar refractivity (Wildman–Crippen MR) is 65.1 cm³/mol. The van der Waals surface area contributed by atoms with Crippen molar-refractivity contribution in [1.82, 2.24) is 0 Å². The minimum Gasteiger partial charge on any atom is -0.508 e. The maximum absolute atomic E-state index is 12.3. The molecule has 0 spiro atoms. The molecule has 2 unspecified atom stereocenters. The molecule has 1 aliphatic rings. The second-order valence-electron chi connectivity index (χ2n) is 4.51. The normalized spacial score (nSPS) is 23.0. The molecule has 0 radical (unpaired) electrons. The van der Waals surface area contributed by atoms with Crippen molar-refractivity contribution in [2.75, 3.05) is 6.61 Å². The number of rotatable bonds is 1. The fraction of sp³-hybridized carbons (Fsp3) is 0.308. The van der Waals surface area contributed by atoms with Gasteiger partial charge in [0.2, 0.25) is 5.43 Å². The zero-order valence-corrected chi connectivity index (χ0v) is 9.87. The summed E-state index contributed by atoms with van der Waals surface area (Å²) in [7, 11) is 0. The molecule has 0 saturated carbocycles. The molecule has 100 valence electrons. The van der Waals surface area contributed by atoms with Crippen LogP contribution in [-0.4, -0.2) is 28.0 Å². The summed E-state index contributed by atoms with van der Waals surface area (Å²) in [5, 5.41) is 28.8. The summed E-state index contributed by atoms with van der Waals surface area (Å²) < 4.78 is 10.5. The summed E-state index contributed by atoms with van der Waals surface area (Å²) in [5.74, 6) is -0.559. The van der Waals surface area contributed by atoms with Gasteiger partial charge >= 0.3 is 0 Å². The Morgan fingerprint density at radius 2 is 2.05 bits per heavy atom. The smallest absolute Gasteiger partial charge is 0.202 e. The number of aromatic hydroxyl groups is 2. The van der Waals surface area contributed by atoms with Crippen molar-refractivity contribution < 1.29 is 24.5 Å². The first-order valence-corrected chi connectivity index (χ1v) is 5.85. The van der Waals surface area contributed by atoms with E-state index >= 15 is 0 Å². The second-order valence-corrected chi connectivity index (χ2v) is 4.51. The van der Waals surface area contributed by atoms with Gasteiger partial charge < -0.3 is 24.5 Å². The van der Waals surface area contributed by atoms with Gasteiger partial charge in [0.1, 0.15) is 34.8 Å². The van der Waals surface area contributed by atoms with Gasteiger partial charge in [-0.1, -0.05) is 0 Å². The molecule has 2 aromatic rings. The van der Waals surface area contributed by atoms with Crippen LogP contribution in [0.3, 0.4) is 0 Å². The van der Waals surface area contributed by atoms with E-state index in [1.807, 2.05) is 0 Å². The highest BCUT2D eigenvalue weighted by Crippen LogP contribution is 2.32. The molecule has 0 aliphatic carbocycles. The zero-order valence-electron chi connectivity index (χ0n) is 9.87. The van der Waals surface area contributed by atoms with Crippen LogP contribution >= 0.6 is 0 Å². The number of aliphatic hydroxyl groups is 1. The van der Waals surface area contributed by atoms with Gasteiger partial charge in [-0.15, -0.1) is 0 Å². The largest absolute Gasteiger partial charge is 0.508 e. The van der Waals surface area contributed by atoms with Gasteiger partial charge in [-0.3, -0.25) is 4.79 Å². The van der Waals surface area contributed by atoms with Crippen molar-refractivity contribution in [3.8, 4) is 11.5 Å². The fourth-order valence-electron chi connectivity index (χ4n) is 2.30. The lowest BCUT2D eigenvalue weighted by atomic mass is 10.0. The quantitative estimate of drug-likeness (QED) is 0.711. The van der Waals surface area contributed by atoms with Gasteiger partial charge in [-0.05, 0) is 6.42 Å². The predicted octanol–water partition coefficient (Wildman–Crippen LogP) is 1.03. The van der Waals surface area contributed by atoms with E-state index in [4.69, 9.17) is 9.15 Å². The third kappa shape index (κ3) is 1.85. The molecule has 1 fully saturated rings. The number of hydrogen-bond donors (Lipinski definition) is 3. The van der Waals surface area contributed by atoms with Gasteiger partial charge in [0.15, 0.2) is 0 Å². The molecule has 1 aromatic carbocycles. The van der Waals surface area contributed by atoms with Crippen LogP contribution in [0.5, 0.6) is 11.5 Å². The molecule has 6 nitrogen and oxygen atoms in total. The Bertz CT molecular complexity index is 689. The number of hydrogen-bond acceptors (Lipinski definition) is 6. The third-order valence-corrected chi connectivity index (χ3v) is 3.24. The van der Waals surface area contributed by atoms with E-state index in [0.717, 1.165) is 6.07 Å². The molecular weight excluding hydrogens is 252 g/mol. The summed E-state index contributed by atoms with van der Waals surface area (Å²) >= 11 is 0. The van der Waals surface area contributed by atoms with Crippen LogP contribution in [0.2, 0.25) is 0 Å². The average Bonchev–Trinajstić information content (AvgIpc) is 2.75. The lowest BCUT2D eigenvalue weighted by Gasteiger charge is -2.13. The molecule has 3 N–H and O–H groups in total. The monoisotopic (exact) mass is 264 g/mol. The van der Waals surface area contributed by atoms with Crippen molar-refractivity contribution in [2.45, 2.75) is 18.6 Å². The Balaban J connectivity index is 2.24. The number of fused-ring (bicyclic) bond motifs is 1. The van der Waals surface area contributed by atoms with E-state index in [1.54, 1.807) is 0 Å². The number of ether oxygens (including phenoxy) is 1. The number of benzene rings is 1. The SMILES string of the molecule is O=c1c(C2OCCC2O)coc2cc(O)cc(O)c12. The first-order chi connectivity index (χ1) is 9.08. The van der Waals surface area contributed by atoms with E-state index < -0.39 is 17.6 Å². The van der Waals surface area contributed by atoms with Crippen LogP contribution < -0.4 is 5.43 Å². The molecular formula is C13H12O6. The fourth-order valence-corrected chi connectivity index (χ4v) is 2.30. The summed E-state index contributed by atoms with van der Waals surface area (Å²) in [6, 6.07) is 2.31. The topological polar surface area (TPSA) is 100 Å². The maximum Gasteiger partial charge on any atom is 0.202 e.